The van der Waals surface area contributed by atoms with E-state index in [4.69, 9.17) is 12.2 Å². The molecule has 2 rings (SSSR count). The van der Waals surface area contributed by atoms with Gasteiger partial charge in [0.15, 0.2) is 4.77 Å². The SMILES string of the molecule is Cc1c(-c2ccccc2)n(C)c(=S)[nH]c1=O. The van der Waals surface area contributed by atoms with Crippen LogP contribution < -0.4 is 5.56 Å². The van der Waals surface area contributed by atoms with Gasteiger partial charge in [0.25, 0.3) is 5.56 Å². The van der Waals surface area contributed by atoms with Gasteiger partial charge in [-0.2, -0.15) is 0 Å². The summed E-state index contributed by atoms with van der Waals surface area (Å²) in [4.78, 5) is 14.3. The molecule has 0 fully saturated rings. The number of aromatic amines is 1. The van der Waals surface area contributed by atoms with E-state index in [0.717, 1.165) is 11.3 Å². The maximum Gasteiger partial charge on any atom is 0.255 e. The van der Waals surface area contributed by atoms with Crippen LogP contribution in [-0.4, -0.2) is 9.55 Å². The van der Waals surface area contributed by atoms with E-state index in [-0.39, 0.29) is 5.56 Å². The van der Waals surface area contributed by atoms with Crippen molar-refractivity contribution in [3.05, 3.63) is 51.0 Å². The summed E-state index contributed by atoms with van der Waals surface area (Å²) in [5, 5.41) is 0. The van der Waals surface area contributed by atoms with Gasteiger partial charge in [-0.15, -0.1) is 0 Å². The lowest BCUT2D eigenvalue weighted by atomic mass is 10.1. The van der Waals surface area contributed by atoms with E-state index in [9.17, 15) is 4.79 Å². The van der Waals surface area contributed by atoms with Crippen molar-refractivity contribution in [3.63, 3.8) is 0 Å². The van der Waals surface area contributed by atoms with E-state index in [1.807, 2.05) is 41.9 Å². The Morgan fingerprint density at radius 1 is 1.25 bits per heavy atom. The Hall–Kier alpha value is -1.68. The van der Waals surface area contributed by atoms with Crippen molar-refractivity contribution in [1.29, 1.82) is 0 Å². The highest BCUT2D eigenvalue weighted by Crippen LogP contribution is 2.19. The number of nitrogens with one attached hydrogen (secondary N) is 1. The molecule has 1 aromatic heterocycles. The van der Waals surface area contributed by atoms with Gasteiger partial charge in [0.05, 0.1) is 5.69 Å². The average molecular weight is 232 g/mol. The third-order valence-corrected chi connectivity index (χ3v) is 2.98. The predicted molar refractivity (Wildman–Crippen MR) is 67.0 cm³/mol. The van der Waals surface area contributed by atoms with Crippen LogP contribution in [0.2, 0.25) is 0 Å². The molecule has 0 aliphatic carbocycles. The number of nitrogens with zero attached hydrogens (tertiary/aromatic N) is 1. The van der Waals surface area contributed by atoms with Crippen LogP contribution >= 0.6 is 12.2 Å². The molecule has 1 heterocycles. The molecular weight excluding hydrogens is 220 g/mol. The maximum absolute atomic E-state index is 11.7. The zero-order valence-electron chi connectivity index (χ0n) is 9.15. The van der Waals surface area contributed by atoms with Gasteiger partial charge in [-0.1, -0.05) is 30.3 Å². The normalized spacial score (nSPS) is 10.4. The summed E-state index contributed by atoms with van der Waals surface area (Å²) in [6.07, 6.45) is 0. The lowest BCUT2D eigenvalue weighted by Gasteiger charge is -2.11. The Morgan fingerprint density at radius 2 is 1.88 bits per heavy atom. The maximum atomic E-state index is 11.7. The number of aromatic nitrogens is 2. The molecule has 2 aromatic rings. The molecule has 0 radical (unpaired) electrons. The average Bonchev–Trinajstić information content (AvgIpc) is 2.28. The fourth-order valence-corrected chi connectivity index (χ4v) is 1.93. The summed E-state index contributed by atoms with van der Waals surface area (Å²) >= 11 is 5.10. The predicted octanol–water partition coefficient (Wildman–Crippen LogP) is 2.42. The number of hydrogen-bond acceptors (Lipinski definition) is 2. The molecule has 1 N–H and O–H groups in total. The minimum Gasteiger partial charge on any atom is -0.321 e. The molecule has 16 heavy (non-hydrogen) atoms. The van der Waals surface area contributed by atoms with Crippen molar-refractivity contribution < 1.29 is 0 Å². The Balaban J connectivity index is 2.85. The topological polar surface area (TPSA) is 37.8 Å². The minimum absolute atomic E-state index is 0.123. The molecule has 82 valence electrons. The molecule has 0 amide bonds. The number of hydrogen-bond donors (Lipinski definition) is 1. The molecule has 0 unspecified atom stereocenters. The summed E-state index contributed by atoms with van der Waals surface area (Å²) in [6, 6.07) is 9.77. The van der Waals surface area contributed by atoms with E-state index in [1.54, 1.807) is 6.92 Å². The first kappa shape index (κ1) is 10.8. The Kier molecular flexibility index (Phi) is 2.75. The smallest absolute Gasteiger partial charge is 0.255 e. The van der Waals surface area contributed by atoms with Gasteiger partial charge in [0.2, 0.25) is 0 Å². The molecule has 1 aromatic carbocycles. The molecule has 0 aliphatic rings. The third kappa shape index (κ3) is 1.72. The molecule has 0 atom stereocenters. The summed E-state index contributed by atoms with van der Waals surface area (Å²) in [7, 11) is 1.85. The highest BCUT2D eigenvalue weighted by Gasteiger charge is 2.08. The van der Waals surface area contributed by atoms with Crippen LogP contribution in [0.5, 0.6) is 0 Å². The standard InChI is InChI=1S/C12H12N2OS/c1-8-10(9-6-4-3-5-7-9)14(2)12(16)13-11(8)15/h3-7H,1-2H3,(H,13,15,16). The van der Waals surface area contributed by atoms with Crippen molar-refractivity contribution in [3.8, 4) is 11.3 Å². The van der Waals surface area contributed by atoms with Gasteiger partial charge < -0.3 is 4.57 Å². The fraction of sp³-hybridized carbons (Fsp3) is 0.167. The first-order chi connectivity index (χ1) is 7.61. The summed E-state index contributed by atoms with van der Waals surface area (Å²) in [5.74, 6) is 0. The fourth-order valence-electron chi connectivity index (χ4n) is 1.74. The van der Waals surface area contributed by atoms with Gasteiger partial charge in [-0.3, -0.25) is 9.78 Å². The molecule has 0 saturated carbocycles. The van der Waals surface area contributed by atoms with Gasteiger partial charge in [0.1, 0.15) is 0 Å². The van der Waals surface area contributed by atoms with Crippen LogP contribution in [0.4, 0.5) is 0 Å². The zero-order valence-corrected chi connectivity index (χ0v) is 9.97. The Bertz CT molecular complexity index is 591. The first-order valence-electron chi connectivity index (χ1n) is 4.96. The van der Waals surface area contributed by atoms with E-state index < -0.39 is 0 Å². The van der Waals surface area contributed by atoms with Crippen LogP contribution in [0.25, 0.3) is 11.3 Å². The van der Waals surface area contributed by atoms with Crippen LogP contribution in [0.1, 0.15) is 5.56 Å². The van der Waals surface area contributed by atoms with Gasteiger partial charge >= 0.3 is 0 Å². The lowest BCUT2D eigenvalue weighted by Crippen LogP contribution is -2.17. The second-order valence-electron chi connectivity index (χ2n) is 3.66. The molecule has 0 bridgehead atoms. The van der Waals surface area contributed by atoms with Crippen molar-refractivity contribution in [2.24, 2.45) is 7.05 Å². The minimum atomic E-state index is -0.123. The summed E-state index contributed by atoms with van der Waals surface area (Å²) in [6.45, 7) is 1.80. The van der Waals surface area contributed by atoms with Crippen molar-refractivity contribution in [2.45, 2.75) is 6.92 Å². The summed E-state index contributed by atoms with van der Waals surface area (Å²) < 4.78 is 2.26. The first-order valence-corrected chi connectivity index (χ1v) is 5.37. The Labute approximate surface area is 98.4 Å². The second-order valence-corrected chi connectivity index (χ2v) is 4.04. The van der Waals surface area contributed by atoms with E-state index in [2.05, 4.69) is 4.98 Å². The van der Waals surface area contributed by atoms with Crippen LogP contribution in [0.3, 0.4) is 0 Å². The van der Waals surface area contributed by atoms with Crippen LogP contribution in [0.15, 0.2) is 35.1 Å². The summed E-state index contributed by atoms with van der Waals surface area (Å²) in [5.41, 5.74) is 2.43. The second kappa shape index (κ2) is 4.06. The van der Waals surface area contributed by atoms with E-state index >= 15 is 0 Å². The number of benzene rings is 1. The molecule has 3 nitrogen and oxygen atoms in total. The highest BCUT2D eigenvalue weighted by molar-refractivity contribution is 7.71. The zero-order chi connectivity index (χ0) is 11.7. The number of H-pyrrole nitrogens is 1. The van der Waals surface area contributed by atoms with E-state index in [1.165, 1.54) is 0 Å². The lowest BCUT2D eigenvalue weighted by molar-refractivity contribution is 0.831. The number of rotatable bonds is 1. The molecule has 0 aliphatic heterocycles. The molecular formula is C12H12N2OS. The highest BCUT2D eigenvalue weighted by atomic mass is 32.1. The van der Waals surface area contributed by atoms with Crippen LogP contribution in [-0.2, 0) is 7.05 Å². The van der Waals surface area contributed by atoms with Gasteiger partial charge in [0, 0.05) is 12.6 Å². The third-order valence-electron chi connectivity index (χ3n) is 2.60. The van der Waals surface area contributed by atoms with Gasteiger partial charge in [-0.05, 0) is 24.7 Å². The molecule has 4 heteroatoms. The van der Waals surface area contributed by atoms with Crippen LogP contribution in [0, 0.1) is 11.7 Å². The largest absolute Gasteiger partial charge is 0.321 e. The van der Waals surface area contributed by atoms with Crippen molar-refractivity contribution >= 4 is 12.2 Å². The molecule has 0 saturated heterocycles. The van der Waals surface area contributed by atoms with Crippen molar-refractivity contribution in [1.82, 2.24) is 9.55 Å². The Morgan fingerprint density at radius 3 is 2.50 bits per heavy atom. The monoisotopic (exact) mass is 232 g/mol. The van der Waals surface area contributed by atoms with Crippen molar-refractivity contribution in [2.75, 3.05) is 0 Å². The quantitative estimate of drug-likeness (QED) is 0.767. The van der Waals surface area contributed by atoms with E-state index in [0.29, 0.717) is 10.3 Å². The van der Waals surface area contributed by atoms with Gasteiger partial charge in [-0.25, -0.2) is 0 Å². The molecule has 0 spiro atoms.